The molecule has 2 rings (SSSR count). The van der Waals surface area contributed by atoms with Gasteiger partial charge in [-0.1, -0.05) is 19.8 Å². The normalized spacial score (nSPS) is 25.7. The van der Waals surface area contributed by atoms with Crippen LogP contribution in [-0.4, -0.2) is 35.6 Å². The first-order chi connectivity index (χ1) is 8.52. The zero-order valence-corrected chi connectivity index (χ0v) is 11.8. The summed E-state index contributed by atoms with van der Waals surface area (Å²) in [6.45, 7) is 2.49. The molecule has 1 N–H and O–H groups in total. The second-order valence-electron chi connectivity index (χ2n) is 6.62. The predicted octanol–water partition coefficient (Wildman–Crippen LogP) is 3.14. The van der Waals surface area contributed by atoms with Crippen LogP contribution < -0.4 is 0 Å². The van der Waals surface area contributed by atoms with Gasteiger partial charge in [0.1, 0.15) is 0 Å². The van der Waals surface area contributed by atoms with Crippen LogP contribution in [0.3, 0.4) is 0 Å². The monoisotopic (exact) mass is 253 g/mol. The molecule has 0 radical (unpaired) electrons. The summed E-state index contributed by atoms with van der Waals surface area (Å²) >= 11 is 0. The average molecular weight is 253 g/mol. The molecule has 0 aromatic rings. The Labute approximate surface area is 111 Å². The third-order valence-corrected chi connectivity index (χ3v) is 5.29. The molecular weight excluding hydrogens is 226 g/mol. The van der Waals surface area contributed by atoms with Crippen molar-refractivity contribution >= 4 is 5.97 Å². The lowest BCUT2D eigenvalue weighted by molar-refractivity contribution is -0.141. The minimum absolute atomic E-state index is 0.252. The fraction of sp³-hybridized carbons (Fsp3) is 0.933. The highest BCUT2D eigenvalue weighted by Gasteiger charge is 2.38. The van der Waals surface area contributed by atoms with Crippen molar-refractivity contribution in [2.45, 2.75) is 64.3 Å². The minimum atomic E-state index is -0.676. The van der Waals surface area contributed by atoms with Crippen molar-refractivity contribution < 1.29 is 9.90 Å². The molecule has 2 saturated carbocycles. The molecule has 0 bridgehead atoms. The largest absolute Gasteiger partial charge is 0.481 e. The number of aliphatic carboxylic acids is 1. The Morgan fingerprint density at radius 1 is 1.28 bits per heavy atom. The molecule has 0 heterocycles. The van der Waals surface area contributed by atoms with Gasteiger partial charge in [0.2, 0.25) is 0 Å². The Bertz CT molecular complexity index is 287. The number of carbonyl (C=O) groups is 1. The molecule has 2 aliphatic rings. The summed E-state index contributed by atoms with van der Waals surface area (Å²) in [7, 11) is 2.09. The molecule has 2 fully saturated rings. The van der Waals surface area contributed by atoms with E-state index in [9.17, 15) is 4.79 Å². The fourth-order valence-corrected chi connectivity index (χ4v) is 3.94. The van der Waals surface area contributed by atoms with Gasteiger partial charge in [0.15, 0.2) is 0 Å². The van der Waals surface area contributed by atoms with Crippen LogP contribution in [0, 0.1) is 11.3 Å². The van der Waals surface area contributed by atoms with Crippen molar-refractivity contribution in [2.24, 2.45) is 11.3 Å². The van der Waals surface area contributed by atoms with E-state index in [0.29, 0.717) is 18.0 Å². The third kappa shape index (κ3) is 3.05. The van der Waals surface area contributed by atoms with Gasteiger partial charge in [-0.25, -0.2) is 0 Å². The molecule has 1 atom stereocenters. The van der Waals surface area contributed by atoms with E-state index in [1.807, 2.05) is 0 Å². The molecule has 0 aliphatic heterocycles. The van der Waals surface area contributed by atoms with E-state index in [4.69, 9.17) is 5.11 Å². The molecular formula is C15H27NO2. The molecule has 0 aromatic carbocycles. The van der Waals surface area contributed by atoms with Gasteiger partial charge in [-0.15, -0.1) is 0 Å². The minimum Gasteiger partial charge on any atom is -0.481 e. The van der Waals surface area contributed by atoms with Crippen molar-refractivity contribution in [1.29, 1.82) is 0 Å². The van der Waals surface area contributed by atoms with Gasteiger partial charge < -0.3 is 10.0 Å². The predicted molar refractivity (Wildman–Crippen MR) is 72.6 cm³/mol. The maximum absolute atomic E-state index is 10.9. The molecule has 3 nitrogen and oxygen atoms in total. The number of hydrogen-bond acceptors (Lipinski definition) is 2. The van der Waals surface area contributed by atoms with Gasteiger partial charge >= 0.3 is 5.97 Å². The van der Waals surface area contributed by atoms with Crippen LogP contribution in [0.4, 0.5) is 0 Å². The van der Waals surface area contributed by atoms with E-state index in [0.717, 1.165) is 0 Å². The number of hydrogen-bond donors (Lipinski definition) is 1. The van der Waals surface area contributed by atoms with Crippen LogP contribution in [0.5, 0.6) is 0 Å². The molecule has 1 spiro atoms. The van der Waals surface area contributed by atoms with Crippen molar-refractivity contribution in [2.75, 3.05) is 13.6 Å². The summed E-state index contributed by atoms with van der Waals surface area (Å²) in [5, 5.41) is 8.97. The lowest BCUT2D eigenvalue weighted by Crippen LogP contribution is -2.41. The lowest BCUT2D eigenvalue weighted by Gasteiger charge is -2.41. The highest BCUT2D eigenvalue weighted by Crippen LogP contribution is 2.49. The topological polar surface area (TPSA) is 40.5 Å². The summed E-state index contributed by atoms with van der Waals surface area (Å²) < 4.78 is 0. The zero-order valence-electron chi connectivity index (χ0n) is 11.8. The van der Waals surface area contributed by atoms with Crippen LogP contribution in [0.15, 0.2) is 0 Å². The molecule has 0 amide bonds. The summed E-state index contributed by atoms with van der Waals surface area (Å²) in [6.07, 6.45) is 11.0. The van der Waals surface area contributed by atoms with Crippen molar-refractivity contribution in [1.82, 2.24) is 4.90 Å². The highest BCUT2D eigenvalue weighted by molar-refractivity contribution is 5.69. The van der Waals surface area contributed by atoms with Gasteiger partial charge in [-0.3, -0.25) is 4.79 Å². The number of nitrogens with zero attached hydrogens (tertiary/aromatic N) is 1. The molecule has 104 valence electrons. The number of carboxylic acid groups (broad SMARTS) is 1. The fourth-order valence-electron chi connectivity index (χ4n) is 3.94. The molecule has 3 heteroatoms. The Kier molecular flexibility index (Phi) is 4.31. The highest BCUT2D eigenvalue weighted by atomic mass is 16.4. The van der Waals surface area contributed by atoms with E-state index in [2.05, 4.69) is 11.9 Å². The first-order valence-electron chi connectivity index (χ1n) is 7.45. The van der Waals surface area contributed by atoms with Crippen molar-refractivity contribution in [3.05, 3.63) is 0 Å². The number of rotatable bonds is 4. The standard InChI is InChI=1S/C15H27NO2/c1-12(14(17)18)11-16(2)13-5-9-15(10-6-13)7-3-4-8-15/h12-13H,3-11H2,1-2H3,(H,17,18). The van der Waals surface area contributed by atoms with Crippen LogP contribution >= 0.6 is 0 Å². The first-order valence-corrected chi connectivity index (χ1v) is 7.45. The Morgan fingerprint density at radius 3 is 2.33 bits per heavy atom. The van der Waals surface area contributed by atoms with Crippen molar-refractivity contribution in [3.63, 3.8) is 0 Å². The summed E-state index contributed by atoms with van der Waals surface area (Å²) in [5.41, 5.74) is 0.676. The van der Waals surface area contributed by atoms with Gasteiger partial charge in [-0.2, -0.15) is 0 Å². The Morgan fingerprint density at radius 2 is 1.83 bits per heavy atom. The van der Waals surface area contributed by atoms with E-state index < -0.39 is 5.97 Å². The zero-order chi connectivity index (χ0) is 13.2. The SMILES string of the molecule is CC(CN(C)C1CCC2(CCCC2)CC1)C(=O)O. The lowest BCUT2D eigenvalue weighted by atomic mass is 9.71. The van der Waals surface area contributed by atoms with Crippen LogP contribution in [-0.2, 0) is 4.79 Å². The van der Waals surface area contributed by atoms with Gasteiger partial charge in [0.05, 0.1) is 5.92 Å². The number of carboxylic acids is 1. The van der Waals surface area contributed by atoms with E-state index in [-0.39, 0.29) is 5.92 Å². The third-order valence-electron chi connectivity index (χ3n) is 5.29. The van der Waals surface area contributed by atoms with Crippen LogP contribution in [0.25, 0.3) is 0 Å². The molecule has 0 saturated heterocycles. The maximum atomic E-state index is 10.9. The smallest absolute Gasteiger partial charge is 0.307 e. The summed E-state index contributed by atoms with van der Waals surface area (Å²) in [5.74, 6) is -0.928. The Balaban J connectivity index is 1.80. The van der Waals surface area contributed by atoms with Crippen LogP contribution in [0.1, 0.15) is 58.3 Å². The van der Waals surface area contributed by atoms with E-state index in [1.165, 1.54) is 51.4 Å². The van der Waals surface area contributed by atoms with Gasteiger partial charge in [0.25, 0.3) is 0 Å². The van der Waals surface area contributed by atoms with Gasteiger partial charge in [0, 0.05) is 12.6 Å². The molecule has 1 unspecified atom stereocenters. The first kappa shape index (κ1) is 13.9. The van der Waals surface area contributed by atoms with E-state index in [1.54, 1.807) is 6.92 Å². The Hall–Kier alpha value is -0.570. The summed E-state index contributed by atoms with van der Waals surface area (Å²) in [4.78, 5) is 13.2. The van der Waals surface area contributed by atoms with Gasteiger partial charge in [-0.05, 0) is 51.0 Å². The van der Waals surface area contributed by atoms with Crippen molar-refractivity contribution in [3.8, 4) is 0 Å². The second kappa shape index (κ2) is 5.60. The average Bonchev–Trinajstić information content (AvgIpc) is 2.78. The maximum Gasteiger partial charge on any atom is 0.307 e. The van der Waals surface area contributed by atoms with Crippen LogP contribution in [0.2, 0.25) is 0 Å². The summed E-state index contributed by atoms with van der Waals surface area (Å²) in [6, 6.07) is 0.609. The molecule has 18 heavy (non-hydrogen) atoms. The molecule has 0 aromatic heterocycles. The molecule has 2 aliphatic carbocycles. The second-order valence-corrected chi connectivity index (χ2v) is 6.62. The van der Waals surface area contributed by atoms with E-state index >= 15 is 0 Å². The quantitative estimate of drug-likeness (QED) is 0.836.